The summed E-state index contributed by atoms with van der Waals surface area (Å²) >= 11 is 5.84. The summed E-state index contributed by atoms with van der Waals surface area (Å²) in [5.74, 6) is 0.977. The Morgan fingerprint density at radius 3 is 2.44 bits per heavy atom. The fourth-order valence-electron chi connectivity index (χ4n) is 2.16. The van der Waals surface area contributed by atoms with E-state index in [9.17, 15) is 9.59 Å². The molecule has 2 aromatic rings. The molecule has 0 atom stereocenters. The Balaban J connectivity index is 1.83. The van der Waals surface area contributed by atoms with Crippen molar-refractivity contribution in [2.75, 3.05) is 20.8 Å². The Bertz CT molecular complexity index is 764. The van der Waals surface area contributed by atoms with E-state index in [0.29, 0.717) is 22.1 Å². The molecule has 0 unspecified atom stereocenters. The van der Waals surface area contributed by atoms with Crippen molar-refractivity contribution in [1.82, 2.24) is 10.6 Å². The number of methoxy groups -OCH3 is 2. The van der Waals surface area contributed by atoms with Gasteiger partial charge in [0.05, 0.1) is 20.8 Å². The maximum absolute atomic E-state index is 12.0. The first-order valence-electron chi connectivity index (χ1n) is 7.55. The third-order valence-electron chi connectivity index (χ3n) is 3.46. The van der Waals surface area contributed by atoms with Crippen LogP contribution in [0.15, 0.2) is 42.5 Å². The Hall–Kier alpha value is -2.73. The zero-order valence-corrected chi connectivity index (χ0v) is 14.7. The summed E-state index contributed by atoms with van der Waals surface area (Å²) < 4.78 is 10.4. The van der Waals surface area contributed by atoms with Crippen molar-refractivity contribution >= 4 is 23.4 Å². The van der Waals surface area contributed by atoms with E-state index in [-0.39, 0.29) is 18.9 Å². The summed E-state index contributed by atoms with van der Waals surface area (Å²) in [7, 11) is 3.10. The van der Waals surface area contributed by atoms with Gasteiger partial charge in [-0.15, -0.1) is 0 Å². The van der Waals surface area contributed by atoms with Crippen LogP contribution in [0.25, 0.3) is 0 Å². The van der Waals surface area contributed by atoms with Gasteiger partial charge in [0, 0.05) is 17.1 Å². The highest BCUT2D eigenvalue weighted by Crippen LogP contribution is 2.27. The van der Waals surface area contributed by atoms with Crippen LogP contribution in [0, 0.1) is 0 Å². The summed E-state index contributed by atoms with van der Waals surface area (Å²) in [6.07, 6.45) is 0. The van der Waals surface area contributed by atoms with Crippen LogP contribution in [-0.2, 0) is 6.54 Å². The standard InChI is InChI=1S/C18H19ClN2O4/c1-24-16-7-6-12(8-17(16)25-2)10-20-18(23)21-11-15(22)13-4-3-5-14(19)9-13/h3-9H,10-11H2,1-2H3,(H2,20,21,23). The average Bonchev–Trinajstić information content (AvgIpc) is 2.64. The third kappa shape index (κ3) is 5.39. The molecule has 0 saturated carbocycles. The highest BCUT2D eigenvalue weighted by atomic mass is 35.5. The lowest BCUT2D eigenvalue weighted by molar-refractivity contribution is 0.0992. The van der Waals surface area contributed by atoms with Crippen LogP contribution in [-0.4, -0.2) is 32.6 Å². The number of benzene rings is 2. The summed E-state index contributed by atoms with van der Waals surface area (Å²) in [6.45, 7) is 0.176. The summed E-state index contributed by atoms with van der Waals surface area (Å²) in [5, 5.41) is 5.68. The van der Waals surface area contributed by atoms with Crippen molar-refractivity contribution in [1.29, 1.82) is 0 Å². The number of urea groups is 1. The van der Waals surface area contributed by atoms with E-state index >= 15 is 0 Å². The second-order valence-corrected chi connectivity index (χ2v) is 5.60. The first-order valence-corrected chi connectivity index (χ1v) is 7.92. The Labute approximate surface area is 151 Å². The number of hydrogen-bond acceptors (Lipinski definition) is 4. The first kappa shape index (κ1) is 18.6. The topological polar surface area (TPSA) is 76.7 Å². The second-order valence-electron chi connectivity index (χ2n) is 5.16. The van der Waals surface area contributed by atoms with E-state index < -0.39 is 6.03 Å². The zero-order valence-electron chi connectivity index (χ0n) is 14.0. The Morgan fingerprint density at radius 2 is 1.76 bits per heavy atom. The van der Waals surface area contributed by atoms with Crippen LogP contribution in [0.5, 0.6) is 11.5 Å². The molecule has 6 nitrogen and oxygen atoms in total. The van der Waals surface area contributed by atoms with Crippen LogP contribution in [0.4, 0.5) is 4.79 Å². The van der Waals surface area contributed by atoms with Gasteiger partial charge in [0.1, 0.15) is 0 Å². The summed E-state index contributed by atoms with van der Waals surface area (Å²) in [6, 6.07) is 11.5. The molecule has 7 heteroatoms. The van der Waals surface area contributed by atoms with Crippen LogP contribution in [0.1, 0.15) is 15.9 Å². The summed E-state index contributed by atoms with van der Waals surface area (Å²) in [5.41, 5.74) is 1.29. The van der Waals surface area contributed by atoms with Crippen molar-refractivity contribution < 1.29 is 19.1 Å². The lowest BCUT2D eigenvalue weighted by Crippen LogP contribution is -2.38. The first-order chi connectivity index (χ1) is 12.0. The van der Waals surface area contributed by atoms with Gasteiger partial charge in [0.2, 0.25) is 0 Å². The third-order valence-corrected chi connectivity index (χ3v) is 3.69. The van der Waals surface area contributed by atoms with Crippen LogP contribution < -0.4 is 20.1 Å². The van der Waals surface area contributed by atoms with Gasteiger partial charge >= 0.3 is 6.03 Å². The normalized spacial score (nSPS) is 10.0. The van der Waals surface area contributed by atoms with Gasteiger partial charge in [-0.1, -0.05) is 29.8 Å². The van der Waals surface area contributed by atoms with Gasteiger partial charge in [-0.25, -0.2) is 4.79 Å². The van der Waals surface area contributed by atoms with Crippen LogP contribution in [0.2, 0.25) is 5.02 Å². The number of ether oxygens (including phenoxy) is 2. The molecule has 0 heterocycles. The molecular weight excluding hydrogens is 344 g/mol. The Morgan fingerprint density at radius 1 is 1.00 bits per heavy atom. The number of carbonyl (C=O) groups is 2. The predicted molar refractivity (Wildman–Crippen MR) is 95.6 cm³/mol. The largest absolute Gasteiger partial charge is 0.493 e. The molecule has 0 radical (unpaired) electrons. The van der Waals surface area contributed by atoms with E-state index in [1.807, 2.05) is 6.07 Å². The molecule has 0 aliphatic rings. The fourth-order valence-corrected chi connectivity index (χ4v) is 2.35. The van der Waals surface area contributed by atoms with E-state index in [2.05, 4.69) is 10.6 Å². The van der Waals surface area contributed by atoms with Gasteiger partial charge in [0.15, 0.2) is 17.3 Å². The highest BCUT2D eigenvalue weighted by Gasteiger charge is 2.09. The van der Waals surface area contributed by atoms with Crippen LogP contribution >= 0.6 is 11.6 Å². The lowest BCUT2D eigenvalue weighted by Gasteiger charge is -2.11. The number of amides is 2. The molecule has 0 aliphatic carbocycles. The minimum Gasteiger partial charge on any atom is -0.493 e. The molecule has 2 amide bonds. The minimum absolute atomic E-state index is 0.113. The van der Waals surface area contributed by atoms with E-state index in [1.54, 1.807) is 50.6 Å². The van der Waals surface area contributed by atoms with Crippen molar-refractivity contribution in [2.45, 2.75) is 6.54 Å². The van der Waals surface area contributed by atoms with E-state index in [0.717, 1.165) is 5.56 Å². The monoisotopic (exact) mass is 362 g/mol. The number of carbonyl (C=O) groups excluding carboxylic acids is 2. The molecule has 0 spiro atoms. The van der Waals surface area contributed by atoms with Crippen molar-refractivity contribution in [3.05, 3.63) is 58.6 Å². The van der Waals surface area contributed by atoms with Crippen molar-refractivity contribution in [3.63, 3.8) is 0 Å². The number of ketones is 1. The quantitative estimate of drug-likeness (QED) is 0.742. The van der Waals surface area contributed by atoms with Gasteiger partial charge in [-0.05, 0) is 29.8 Å². The molecule has 2 aromatic carbocycles. The number of halogens is 1. The second kappa shape index (κ2) is 8.94. The number of Topliss-reactive ketones (excluding diaryl/α,β-unsaturated/α-hetero) is 1. The van der Waals surface area contributed by atoms with E-state index in [1.165, 1.54) is 0 Å². The van der Waals surface area contributed by atoms with E-state index in [4.69, 9.17) is 21.1 Å². The fraction of sp³-hybridized carbons (Fsp3) is 0.222. The molecule has 0 aromatic heterocycles. The van der Waals surface area contributed by atoms with Gasteiger partial charge in [-0.2, -0.15) is 0 Å². The molecule has 25 heavy (non-hydrogen) atoms. The molecule has 0 aliphatic heterocycles. The van der Waals surface area contributed by atoms with Gasteiger partial charge < -0.3 is 20.1 Å². The number of nitrogens with one attached hydrogen (secondary N) is 2. The molecule has 132 valence electrons. The van der Waals surface area contributed by atoms with Gasteiger partial charge in [-0.3, -0.25) is 4.79 Å². The molecule has 2 N–H and O–H groups in total. The smallest absolute Gasteiger partial charge is 0.315 e. The lowest BCUT2D eigenvalue weighted by atomic mass is 10.1. The average molecular weight is 363 g/mol. The van der Waals surface area contributed by atoms with Crippen molar-refractivity contribution in [2.24, 2.45) is 0 Å². The zero-order chi connectivity index (χ0) is 18.2. The van der Waals surface area contributed by atoms with Crippen LogP contribution in [0.3, 0.4) is 0 Å². The number of rotatable bonds is 7. The maximum Gasteiger partial charge on any atom is 0.315 e. The van der Waals surface area contributed by atoms with Gasteiger partial charge in [0.25, 0.3) is 0 Å². The molecule has 0 saturated heterocycles. The SMILES string of the molecule is COc1ccc(CNC(=O)NCC(=O)c2cccc(Cl)c2)cc1OC. The predicted octanol–water partition coefficient (Wildman–Crippen LogP) is 3.04. The molecule has 0 bridgehead atoms. The number of hydrogen-bond donors (Lipinski definition) is 2. The Kier molecular flexibility index (Phi) is 6.65. The minimum atomic E-state index is -0.440. The highest BCUT2D eigenvalue weighted by molar-refractivity contribution is 6.31. The summed E-state index contributed by atoms with van der Waals surface area (Å²) in [4.78, 5) is 23.8. The van der Waals surface area contributed by atoms with Crippen molar-refractivity contribution in [3.8, 4) is 11.5 Å². The molecular formula is C18H19ClN2O4. The molecule has 2 rings (SSSR count). The molecule has 0 fully saturated rings. The maximum atomic E-state index is 12.0.